The smallest absolute Gasteiger partial charge is 0.159 e. The first kappa shape index (κ1) is 9.82. The number of rotatable bonds is 3. The summed E-state index contributed by atoms with van der Waals surface area (Å²) >= 11 is 1.47. The molecule has 1 rings (SSSR count). The van der Waals surface area contributed by atoms with Crippen molar-refractivity contribution in [3.05, 3.63) is 29.8 Å². The Balaban J connectivity index is 2.71. The molecule has 2 nitrogen and oxygen atoms in total. The Labute approximate surface area is 81.6 Å². The third-order valence-corrected chi connectivity index (χ3v) is 2.44. The predicted molar refractivity (Wildman–Crippen MR) is 52.8 cm³/mol. The van der Waals surface area contributed by atoms with Crippen molar-refractivity contribution < 1.29 is 4.79 Å². The number of thioether (sulfide) groups is 1. The fourth-order valence-electron chi connectivity index (χ4n) is 0.901. The Hall–Kier alpha value is -1.27. The molecule has 0 saturated carbocycles. The van der Waals surface area contributed by atoms with Gasteiger partial charge in [-0.25, -0.2) is 0 Å². The topological polar surface area (TPSA) is 40.9 Å². The van der Waals surface area contributed by atoms with Gasteiger partial charge in [-0.15, -0.1) is 11.8 Å². The zero-order chi connectivity index (χ0) is 9.68. The highest BCUT2D eigenvalue weighted by Crippen LogP contribution is 2.17. The SMILES string of the molecule is CC(=O)c1ccc(SCC#N)cc1. The summed E-state index contributed by atoms with van der Waals surface area (Å²) in [6.07, 6.45) is 0. The lowest BCUT2D eigenvalue weighted by Gasteiger charge is -1.98. The number of ketones is 1. The summed E-state index contributed by atoms with van der Waals surface area (Å²) in [6, 6.07) is 9.33. The predicted octanol–water partition coefficient (Wildman–Crippen LogP) is 2.50. The molecule has 0 amide bonds. The summed E-state index contributed by atoms with van der Waals surface area (Å²) in [5.41, 5.74) is 0.710. The van der Waals surface area contributed by atoms with Gasteiger partial charge in [0.05, 0.1) is 11.8 Å². The van der Waals surface area contributed by atoms with Crippen LogP contribution in [0.1, 0.15) is 17.3 Å². The van der Waals surface area contributed by atoms with Crippen LogP contribution in [0.3, 0.4) is 0 Å². The van der Waals surface area contributed by atoms with Crippen LogP contribution in [-0.4, -0.2) is 11.5 Å². The van der Waals surface area contributed by atoms with Crippen molar-refractivity contribution in [1.29, 1.82) is 5.26 Å². The van der Waals surface area contributed by atoms with Gasteiger partial charge in [0.1, 0.15) is 0 Å². The molecule has 1 aromatic carbocycles. The van der Waals surface area contributed by atoms with E-state index in [1.807, 2.05) is 18.2 Å². The number of hydrogen-bond acceptors (Lipinski definition) is 3. The van der Waals surface area contributed by atoms with Gasteiger partial charge < -0.3 is 0 Å². The van der Waals surface area contributed by atoms with E-state index in [9.17, 15) is 4.79 Å². The molecule has 0 aromatic heterocycles. The molecule has 0 radical (unpaired) electrons. The van der Waals surface area contributed by atoms with Crippen LogP contribution in [-0.2, 0) is 0 Å². The monoisotopic (exact) mass is 191 g/mol. The lowest BCUT2D eigenvalue weighted by atomic mass is 10.2. The molecular formula is C10H9NOS. The molecule has 0 heterocycles. The van der Waals surface area contributed by atoms with E-state index in [1.165, 1.54) is 18.7 Å². The summed E-state index contributed by atoms with van der Waals surface area (Å²) in [6.45, 7) is 1.54. The summed E-state index contributed by atoms with van der Waals surface area (Å²) in [5.74, 6) is 0.510. The molecule has 0 spiro atoms. The lowest BCUT2D eigenvalue weighted by molar-refractivity contribution is 0.101. The molecule has 66 valence electrons. The van der Waals surface area contributed by atoms with Gasteiger partial charge in [-0.1, -0.05) is 12.1 Å². The van der Waals surface area contributed by atoms with Crippen molar-refractivity contribution in [2.24, 2.45) is 0 Å². The average Bonchev–Trinajstić information content (AvgIpc) is 2.15. The van der Waals surface area contributed by atoms with Crippen LogP contribution >= 0.6 is 11.8 Å². The van der Waals surface area contributed by atoms with Crippen molar-refractivity contribution in [2.45, 2.75) is 11.8 Å². The molecule has 0 unspecified atom stereocenters. The number of Topliss-reactive ketones (excluding diaryl/α,β-unsaturated/α-hetero) is 1. The molecule has 0 atom stereocenters. The maximum atomic E-state index is 10.9. The second-order valence-electron chi connectivity index (χ2n) is 2.53. The molecule has 0 N–H and O–H groups in total. The van der Waals surface area contributed by atoms with E-state index in [2.05, 4.69) is 0 Å². The lowest BCUT2D eigenvalue weighted by Crippen LogP contribution is -1.90. The Morgan fingerprint density at radius 3 is 2.54 bits per heavy atom. The van der Waals surface area contributed by atoms with Gasteiger partial charge in [0.25, 0.3) is 0 Å². The second-order valence-corrected chi connectivity index (χ2v) is 3.58. The normalized spacial score (nSPS) is 9.23. The van der Waals surface area contributed by atoms with Gasteiger partial charge in [0.15, 0.2) is 5.78 Å². The zero-order valence-corrected chi connectivity index (χ0v) is 8.10. The molecule has 0 bridgehead atoms. The summed E-state index contributed by atoms with van der Waals surface area (Å²) in [4.78, 5) is 11.9. The minimum atomic E-state index is 0.0665. The van der Waals surface area contributed by atoms with Crippen molar-refractivity contribution in [3.63, 3.8) is 0 Å². The number of carbonyl (C=O) groups excluding carboxylic acids is 1. The van der Waals surface area contributed by atoms with Crippen molar-refractivity contribution >= 4 is 17.5 Å². The van der Waals surface area contributed by atoms with E-state index in [-0.39, 0.29) is 5.78 Å². The van der Waals surface area contributed by atoms with E-state index in [4.69, 9.17) is 5.26 Å². The average molecular weight is 191 g/mol. The quantitative estimate of drug-likeness (QED) is 0.544. The molecule has 0 aliphatic rings. The van der Waals surface area contributed by atoms with Gasteiger partial charge in [0, 0.05) is 10.5 Å². The first-order valence-corrected chi connectivity index (χ1v) is 4.83. The fourth-order valence-corrected chi connectivity index (χ4v) is 1.46. The highest BCUT2D eigenvalue weighted by Gasteiger charge is 1.98. The Kier molecular flexibility index (Phi) is 3.53. The first-order chi connectivity index (χ1) is 6.24. The van der Waals surface area contributed by atoms with E-state index in [0.29, 0.717) is 11.3 Å². The number of hydrogen-bond donors (Lipinski definition) is 0. The summed E-state index contributed by atoms with van der Waals surface area (Å²) in [5, 5.41) is 8.35. The van der Waals surface area contributed by atoms with Crippen LogP contribution in [0.15, 0.2) is 29.2 Å². The van der Waals surface area contributed by atoms with E-state index < -0.39 is 0 Å². The molecule has 1 aromatic rings. The Bertz CT molecular complexity index is 337. The van der Waals surface area contributed by atoms with Gasteiger partial charge in [0.2, 0.25) is 0 Å². The third kappa shape index (κ3) is 2.92. The largest absolute Gasteiger partial charge is 0.295 e. The fraction of sp³-hybridized carbons (Fsp3) is 0.200. The van der Waals surface area contributed by atoms with Gasteiger partial charge in [-0.2, -0.15) is 5.26 Å². The molecule has 0 aliphatic carbocycles. The van der Waals surface area contributed by atoms with Crippen LogP contribution in [0.5, 0.6) is 0 Å². The highest BCUT2D eigenvalue weighted by atomic mass is 32.2. The molecular weight excluding hydrogens is 182 g/mol. The number of nitrogens with zero attached hydrogens (tertiary/aromatic N) is 1. The van der Waals surface area contributed by atoms with Crippen molar-refractivity contribution in [3.8, 4) is 6.07 Å². The van der Waals surface area contributed by atoms with Crippen LogP contribution in [0, 0.1) is 11.3 Å². The summed E-state index contributed by atoms with van der Waals surface area (Å²) in [7, 11) is 0. The van der Waals surface area contributed by atoms with Crippen LogP contribution < -0.4 is 0 Å². The first-order valence-electron chi connectivity index (χ1n) is 3.85. The van der Waals surface area contributed by atoms with E-state index in [0.717, 1.165) is 4.90 Å². The van der Waals surface area contributed by atoms with E-state index >= 15 is 0 Å². The zero-order valence-electron chi connectivity index (χ0n) is 7.28. The molecule has 0 fully saturated rings. The van der Waals surface area contributed by atoms with Crippen LogP contribution in [0.25, 0.3) is 0 Å². The summed E-state index contributed by atoms with van der Waals surface area (Å²) < 4.78 is 0. The maximum Gasteiger partial charge on any atom is 0.159 e. The van der Waals surface area contributed by atoms with Gasteiger partial charge in [-0.3, -0.25) is 4.79 Å². The van der Waals surface area contributed by atoms with Crippen LogP contribution in [0.4, 0.5) is 0 Å². The van der Waals surface area contributed by atoms with Crippen molar-refractivity contribution in [2.75, 3.05) is 5.75 Å². The van der Waals surface area contributed by atoms with Crippen LogP contribution in [0.2, 0.25) is 0 Å². The van der Waals surface area contributed by atoms with Gasteiger partial charge >= 0.3 is 0 Å². The minimum Gasteiger partial charge on any atom is -0.295 e. The third-order valence-electron chi connectivity index (χ3n) is 1.56. The number of carbonyl (C=O) groups is 1. The molecule has 0 saturated heterocycles. The molecule has 0 aliphatic heterocycles. The Morgan fingerprint density at radius 1 is 1.46 bits per heavy atom. The second kappa shape index (κ2) is 4.68. The number of nitriles is 1. The maximum absolute atomic E-state index is 10.9. The minimum absolute atomic E-state index is 0.0665. The van der Waals surface area contributed by atoms with Crippen molar-refractivity contribution in [1.82, 2.24) is 0 Å². The van der Waals surface area contributed by atoms with E-state index in [1.54, 1.807) is 12.1 Å². The Morgan fingerprint density at radius 2 is 2.08 bits per heavy atom. The number of benzene rings is 1. The molecule has 3 heteroatoms. The standard InChI is InChI=1S/C10H9NOS/c1-8(12)9-2-4-10(5-3-9)13-7-6-11/h2-5H,7H2,1H3. The van der Waals surface area contributed by atoms with Gasteiger partial charge in [-0.05, 0) is 19.1 Å². The highest BCUT2D eigenvalue weighted by molar-refractivity contribution is 7.99. The molecule has 13 heavy (non-hydrogen) atoms.